The van der Waals surface area contributed by atoms with Crippen LogP contribution in [0.3, 0.4) is 0 Å². The van der Waals surface area contributed by atoms with E-state index in [2.05, 4.69) is 21.9 Å². The molecule has 0 saturated heterocycles. The summed E-state index contributed by atoms with van der Waals surface area (Å²) in [5, 5.41) is 3.12. The van der Waals surface area contributed by atoms with Crippen molar-refractivity contribution in [1.29, 1.82) is 0 Å². The average molecular weight is 288 g/mol. The van der Waals surface area contributed by atoms with Gasteiger partial charge in [-0.3, -0.25) is 4.98 Å². The molecule has 4 heteroatoms. The van der Waals surface area contributed by atoms with Gasteiger partial charge in [-0.15, -0.1) is 0 Å². The molecular weight excluding hydrogens is 272 g/mol. The van der Waals surface area contributed by atoms with Crippen LogP contribution in [0.1, 0.15) is 5.69 Å². The minimum Gasteiger partial charge on any atom is -0.359 e. The van der Waals surface area contributed by atoms with E-state index >= 15 is 0 Å². The van der Waals surface area contributed by atoms with Crippen LogP contribution in [0.15, 0.2) is 67.5 Å². The van der Waals surface area contributed by atoms with E-state index in [9.17, 15) is 0 Å². The molecule has 0 radical (unpaired) electrons. The van der Waals surface area contributed by atoms with Crippen molar-refractivity contribution < 1.29 is 0 Å². The maximum atomic E-state index is 4.71. The van der Waals surface area contributed by atoms with E-state index in [0.29, 0.717) is 5.82 Å². The van der Waals surface area contributed by atoms with Gasteiger partial charge in [-0.1, -0.05) is 43.0 Å². The van der Waals surface area contributed by atoms with Crippen molar-refractivity contribution in [1.82, 2.24) is 15.0 Å². The average Bonchev–Trinajstić information content (AvgIpc) is 2.58. The van der Waals surface area contributed by atoms with Crippen molar-refractivity contribution in [3.05, 3.63) is 73.2 Å². The van der Waals surface area contributed by atoms with Crippen LogP contribution >= 0.6 is 0 Å². The van der Waals surface area contributed by atoms with Gasteiger partial charge in [0.25, 0.3) is 0 Å². The molecule has 2 heterocycles. The third-order valence-corrected chi connectivity index (χ3v) is 3.28. The van der Waals surface area contributed by atoms with Gasteiger partial charge in [0, 0.05) is 11.8 Å². The third-order valence-electron chi connectivity index (χ3n) is 3.28. The molecular formula is C18H16N4. The van der Waals surface area contributed by atoms with Crippen molar-refractivity contribution in [3.8, 4) is 22.8 Å². The summed E-state index contributed by atoms with van der Waals surface area (Å²) in [5.74, 6) is 0.688. The number of aromatic nitrogens is 3. The molecule has 0 bridgehead atoms. The Bertz CT molecular complexity index is 783. The lowest BCUT2D eigenvalue weighted by atomic mass is 10.1. The molecule has 108 valence electrons. The van der Waals surface area contributed by atoms with Crippen LogP contribution in [0.4, 0.5) is 5.69 Å². The highest BCUT2D eigenvalue weighted by Crippen LogP contribution is 2.29. The normalized spacial score (nSPS) is 10.2. The minimum atomic E-state index is 0.688. The summed E-state index contributed by atoms with van der Waals surface area (Å²) in [6, 6.07) is 15.7. The summed E-state index contributed by atoms with van der Waals surface area (Å²) in [6.07, 6.45) is 3.38. The maximum absolute atomic E-state index is 4.71. The van der Waals surface area contributed by atoms with Gasteiger partial charge in [-0.2, -0.15) is 0 Å². The molecule has 0 unspecified atom stereocenters. The highest BCUT2D eigenvalue weighted by molar-refractivity contribution is 5.76. The van der Waals surface area contributed by atoms with Gasteiger partial charge < -0.3 is 5.32 Å². The van der Waals surface area contributed by atoms with E-state index in [4.69, 9.17) is 4.98 Å². The Morgan fingerprint density at radius 1 is 1.00 bits per heavy atom. The Hall–Kier alpha value is -3.01. The minimum absolute atomic E-state index is 0.688. The molecule has 0 aliphatic carbocycles. The number of pyridine rings is 1. The predicted molar refractivity (Wildman–Crippen MR) is 89.3 cm³/mol. The molecule has 0 fully saturated rings. The van der Waals surface area contributed by atoms with Crippen LogP contribution < -0.4 is 5.32 Å². The summed E-state index contributed by atoms with van der Waals surface area (Å²) >= 11 is 0. The lowest BCUT2D eigenvalue weighted by molar-refractivity contribution is 1.10. The summed E-state index contributed by atoms with van der Waals surface area (Å²) in [6.45, 7) is 5.68. The van der Waals surface area contributed by atoms with Gasteiger partial charge in [0.05, 0.1) is 17.1 Å². The molecule has 3 aromatic rings. The fourth-order valence-electron chi connectivity index (χ4n) is 2.25. The first-order valence-electron chi connectivity index (χ1n) is 7.02. The molecule has 0 saturated carbocycles. The molecule has 0 aliphatic rings. The highest BCUT2D eigenvalue weighted by Gasteiger charge is 2.14. The Balaban J connectivity index is 2.21. The van der Waals surface area contributed by atoms with Crippen molar-refractivity contribution in [2.24, 2.45) is 0 Å². The molecule has 0 spiro atoms. The molecule has 0 aliphatic heterocycles. The summed E-state index contributed by atoms with van der Waals surface area (Å²) in [5.41, 5.74) is 4.23. The summed E-state index contributed by atoms with van der Waals surface area (Å²) in [7, 11) is 0. The number of anilines is 1. The lowest BCUT2D eigenvalue weighted by Crippen LogP contribution is -2.03. The molecule has 1 aromatic carbocycles. The second-order valence-electron chi connectivity index (χ2n) is 4.79. The Morgan fingerprint density at radius 2 is 1.77 bits per heavy atom. The molecule has 0 atom stereocenters. The number of rotatable bonds is 4. The molecule has 22 heavy (non-hydrogen) atoms. The zero-order valence-corrected chi connectivity index (χ0v) is 12.3. The van der Waals surface area contributed by atoms with Crippen LogP contribution in [0.2, 0.25) is 0 Å². The number of hydrogen-bond donors (Lipinski definition) is 1. The zero-order chi connectivity index (χ0) is 15.4. The van der Waals surface area contributed by atoms with E-state index in [1.807, 2.05) is 55.5 Å². The fraction of sp³-hybridized carbons (Fsp3) is 0.0556. The van der Waals surface area contributed by atoms with Crippen LogP contribution in [0.5, 0.6) is 0 Å². The van der Waals surface area contributed by atoms with Gasteiger partial charge in [0.15, 0.2) is 5.82 Å². The van der Waals surface area contributed by atoms with Crippen LogP contribution in [-0.4, -0.2) is 15.0 Å². The number of aryl methyl sites for hydroxylation is 1. The first-order chi connectivity index (χ1) is 10.8. The molecule has 2 aromatic heterocycles. The first kappa shape index (κ1) is 13.9. The standard InChI is InChI=1S/C18H16N4/c1-3-19-16-13(2)21-18(14-9-5-4-6-10-14)22-17(16)15-11-7-8-12-20-15/h3-12,19H,1H2,2H3. The van der Waals surface area contributed by atoms with Gasteiger partial charge in [0.1, 0.15) is 5.69 Å². The smallest absolute Gasteiger partial charge is 0.160 e. The third kappa shape index (κ3) is 2.72. The topological polar surface area (TPSA) is 50.7 Å². The van der Waals surface area contributed by atoms with Gasteiger partial charge in [-0.25, -0.2) is 9.97 Å². The van der Waals surface area contributed by atoms with Gasteiger partial charge in [0.2, 0.25) is 0 Å². The van der Waals surface area contributed by atoms with Crippen molar-refractivity contribution in [2.75, 3.05) is 5.32 Å². The molecule has 4 nitrogen and oxygen atoms in total. The highest BCUT2D eigenvalue weighted by atomic mass is 15.0. The SMILES string of the molecule is C=CNc1c(C)nc(-c2ccccc2)nc1-c1ccccn1. The van der Waals surface area contributed by atoms with E-state index in [0.717, 1.165) is 28.3 Å². The van der Waals surface area contributed by atoms with Crippen LogP contribution in [0.25, 0.3) is 22.8 Å². The predicted octanol–water partition coefficient (Wildman–Crippen LogP) is 4.07. The molecule has 1 N–H and O–H groups in total. The Labute approximate surface area is 129 Å². The molecule has 3 rings (SSSR count). The monoisotopic (exact) mass is 288 g/mol. The zero-order valence-electron chi connectivity index (χ0n) is 12.3. The van der Waals surface area contributed by atoms with E-state index < -0.39 is 0 Å². The summed E-state index contributed by atoms with van der Waals surface area (Å²) in [4.78, 5) is 13.7. The number of hydrogen-bond acceptors (Lipinski definition) is 4. The van der Waals surface area contributed by atoms with Crippen molar-refractivity contribution >= 4 is 5.69 Å². The maximum Gasteiger partial charge on any atom is 0.160 e. The Kier molecular flexibility index (Phi) is 3.92. The lowest BCUT2D eigenvalue weighted by Gasteiger charge is -2.13. The Morgan fingerprint density at radius 3 is 2.45 bits per heavy atom. The number of nitrogens with one attached hydrogen (secondary N) is 1. The van der Waals surface area contributed by atoms with E-state index in [-0.39, 0.29) is 0 Å². The summed E-state index contributed by atoms with van der Waals surface area (Å²) < 4.78 is 0. The van der Waals surface area contributed by atoms with Gasteiger partial charge >= 0.3 is 0 Å². The van der Waals surface area contributed by atoms with Crippen LogP contribution in [-0.2, 0) is 0 Å². The van der Waals surface area contributed by atoms with Crippen molar-refractivity contribution in [3.63, 3.8) is 0 Å². The number of benzene rings is 1. The fourth-order valence-corrected chi connectivity index (χ4v) is 2.25. The second-order valence-corrected chi connectivity index (χ2v) is 4.79. The van der Waals surface area contributed by atoms with Gasteiger partial charge in [-0.05, 0) is 25.3 Å². The van der Waals surface area contributed by atoms with Crippen molar-refractivity contribution in [2.45, 2.75) is 6.92 Å². The quantitative estimate of drug-likeness (QED) is 0.786. The first-order valence-corrected chi connectivity index (χ1v) is 7.02. The van der Waals surface area contributed by atoms with E-state index in [1.165, 1.54) is 0 Å². The number of nitrogens with zero attached hydrogens (tertiary/aromatic N) is 3. The van der Waals surface area contributed by atoms with E-state index in [1.54, 1.807) is 12.4 Å². The largest absolute Gasteiger partial charge is 0.359 e. The molecule has 0 amide bonds. The van der Waals surface area contributed by atoms with Crippen LogP contribution in [0, 0.1) is 6.92 Å². The second kappa shape index (κ2) is 6.18.